The minimum absolute atomic E-state index is 0.208. The van der Waals surface area contributed by atoms with Crippen LogP contribution >= 0.6 is 0 Å². The van der Waals surface area contributed by atoms with Crippen LogP contribution in [0, 0.1) is 5.82 Å². The molecular weight excluding hydrogens is 209 g/mol. The molecule has 4 heteroatoms. The maximum atomic E-state index is 12.6. The van der Waals surface area contributed by atoms with E-state index in [4.69, 9.17) is 0 Å². The average Bonchev–Trinajstić information content (AvgIpc) is 2.28. The largest absolute Gasteiger partial charge is 0.346 e. The Morgan fingerprint density at radius 3 is 2.62 bits per heavy atom. The van der Waals surface area contributed by atoms with Crippen LogP contribution in [0.1, 0.15) is 18.9 Å². The first kappa shape index (κ1) is 12.4. The molecule has 1 radical (unpaired) electrons. The molecule has 1 N–H and O–H groups in total. The van der Waals surface area contributed by atoms with Crippen LogP contribution in [0.5, 0.6) is 0 Å². The lowest BCUT2D eigenvalue weighted by Crippen LogP contribution is -2.33. The van der Waals surface area contributed by atoms with Gasteiger partial charge in [-0.1, -0.05) is 12.1 Å². The lowest BCUT2D eigenvalue weighted by atomic mass is 10.1. The van der Waals surface area contributed by atoms with Crippen LogP contribution in [0.25, 0.3) is 0 Å². The molecule has 1 aromatic carbocycles. The van der Waals surface area contributed by atoms with Crippen molar-refractivity contribution in [1.82, 2.24) is 5.32 Å². The van der Waals surface area contributed by atoms with Gasteiger partial charge in [0.15, 0.2) is 0 Å². The summed E-state index contributed by atoms with van der Waals surface area (Å²) < 4.78 is 12.6. The van der Waals surface area contributed by atoms with Crippen LogP contribution in [0.15, 0.2) is 24.3 Å². The van der Waals surface area contributed by atoms with Gasteiger partial charge in [0.25, 0.3) is 0 Å². The Morgan fingerprint density at radius 2 is 2.06 bits per heavy atom. The quantitative estimate of drug-likeness (QED) is 0.818. The zero-order valence-corrected chi connectivity index (χ0v) is 9.00. The third kappa shape index (κ3) is 4.21. The summed E-state index contributed by atoms with van der Waals surface area (Å²) in [6.07, 6.45) is 2.47. The molecule has 0 bridgehead atoms. The summed E-state index contributed by atoms with van der Waals surface area (Å²) in [5, 5.41) is 2.47. The average molecular weight is 222 g/mol. The normalized spacial score (nSPS) is 11.9. The smallest absolute Gasteiger partial charge is 0.222 e. The van der Waals surface area contributed by atoms with Crippen molar-refractivity contribution in [3.8, 4) is 0 Å². The van der Waals surface area contributed by atoms with E-state index in [2.05, 4.69) is 5.32 Å². The van der Waals surface area contributed by atoms with Gasteiger partial charge in [-0.3, -0.25) is 9.59 Å². The van der Waals surface area contributed by atoms with E-state index in [9.17, 15) is 14.0 Å². The summed E-state index contributed by atoms with van der Waals surface area (Å²) >= 11 is 0. The Hall–Kier alpha value is -1.71. The second-order valence-electron chi connectivity index (χ2n) is 3.53. The summed E-state index contributed by atoms with van der Waals surface area (Å²) in [5.41, 5.74) is 0.888. The van der Waals surface area contributed by atoms with E-state index in [1.165, 1.54) is 12.1 Å². The number of halogens is 1. The zero-order valence-electron chi connectivity index (χ0n) is 9.00. The lowest BCUT2D eigenvalue weighted by Gasteiger charge is -2.06. The first-order valence-electron chi connectivity index (χ1n) is 5.03. The molecule has 1 atom stereocenters. The molecule has 0 aliphatic heterocycles. The molecule has 0 spiro atoms. The van der Waals surface area contributed by atoms with Crippen molar-refractivity contribution in [3.05, 3.63) is 35.6 Å². The monoisotopic (exact) mass is 222 g/mol. The molecule has 3 nitrogen and oxygen atoms in total. The van der Waals surface area contributed by atoms with Gasteiger partial charge in [0.05, 0.1) is 6.04 Å². The highest BCUT2D eigenvalue weighted by atomic mass is 19.1. The molecule has 85 valence electrons. The lowest BCUT2D eigenvalue weighted by molar-refractivity contribution is -0.121. The topological polar surface area (TPSA) is 46.2 Å². The van der Waals surface area contributed by atoms with E-state index in [1.807, 2.05) is 0 Å². The fourth-order valence-corrected chi connectivity index (χ4v) is 1.25. The van der Waals surface area contributed by atoms with E-state index in [1.54, 1.807) is 25.3 Å². The third-order valence-electron chi connectivity index (χ3n) is 2.11. The van der Waals surface area contributed by atoms with Crippen molar-refractivity contribution >= 4 is 12.2 Å². The minimum Gasteiger partial charge on any atom is -0.346 e. The number of carbonyl (C=O) groups excluding carboxylic acids is 2. The van der Waals surface area contributed by atoms with Gasteiger partial charge in [-0.05, 0) is 31.0 Å². The van der Waals surface area contributed by atoms with Gasteiger partial charge in [-0.15, -0.1) is 0 Å². The zero-order chi connectivity index (χ0) is 12.0. The van der Waals surface area contributed by atoms with Crippen molar-refractivity contribution < 1.29 is 14.0 Å². The molecule has 0 aliphatic carbocycles. The Balaban J connectivity index is 2.37. The molecule has 0 unspecified atom stereocenters. The van der Waals surface area contributed by atoms with Gasteiger partial charge in [-0.2, -0.15) is 0 Å². The summed E-state index contributed by atoms with van der Waals surface area (Å²) in [7, 11) is 0. The highest BCUT2D eigenvalue weighted by Crippen LogP contribution is 2.05. The molecule has 0 heterocycles. The van der Waals surface area contributed by atoms with E-state index in [0.717, 1.165) is 5.56 Å². The highest BCUT2D eigenvalue weighted by Gasteiger charge is 2.06. The Morgan fingerprint density at radius 1 is 1.44 bits per heavy atom. The molecule has 0 aliphatic rings. The Labute approximate surface area is 93.7 Å². The van der Waals surface area contributed by atoms with Crippen LogP contribution in [0.4, 0.5) is 4.39 Å². The number of carbonyl (C=O) groups is 1. The molecule has 0 saturated heterocycles. The molecule has 0 fully saturated rings. The highest BCUT2D eigenvalue weighted by molar-refractivity contribution is 5.79. The van der Waals surface area contributed by atoms with Crippen molar-refractivity contribution in [2.24, 2.45) is 0 Å². The van der Waals surface area contributed by atoms with Crippen molar-refractivity contribution in [2.75, 3.05) is 0 Å². The number of aryl methyl sites for hydroxylation is 1. The fourth-order valence-electron chi connectivity index (χ4n) is 1.25. The number of nitrogens with one attached hydrogen (secondary N) is 1. The summed E-state index contributed by atoms with van der Waals surface area (Å²) in [5.74, 6) is -0.502. The van der Waals surface area contributed by atoms with Gasteiger partial charge in [0.2, 0.25) is 12.2 Å². The maximum Gasteiger partial charge on any atom is 0.222 e. The van der Waals surface area contributed by atoms with Crippen molar-refractivity contribution in [2.45, 2.75) is 25.8 Å². The number of hydrogen-bond donors (Lipinski definition) is 1. The third-order valence-corrected chi connectivity index (χ3v) is 2.11. The van der Waals surface area contributed by atoms with E-state index in [-0.39, 0.29) is 18.1 Å². The van der Waals surface area contributed by atoms with Gasteiger partial charge >= 0.3 is 0 Å². The fraction of sp³-hybridized carbons (Fsp3) is 0.333. The van der Waals surface area contributed by atoms with Crippen LogP contribution in [-0.2, 0) is 16.0 Å². The number of amides is 1. The molecule has 0 saturated carbocycles. The van der Waals surface area contributed by atoms with Gasteiger partial charge in [-0.25, -0.2) is 4.39 Å². The number of rotatable bonds is 5. The van der Waals surface area contributed by atoms with Crippen molar-refractivity contribution in [1.29, 1.82) is 0 Å². The van der Waals surface area contributed by atoms with E-state index >= 15 is 0 Å². The van der Waals surface area contributed by atoms with Crippen molar-refractivity contribution in [3.63, 3.8) is 0 Å². The SMILES string of the molecule is C[C@@H]([C]=O)NC(=O)CCc1ccc(F)cc1. The summed E-state index contributed by atoms with van der Waals surface area (Å²) in [6, 6.07) is 5.40. The molecular formula is C12H13FNO2. The van der Waals surface area contributed by atoms with Gasteiger partial charge in [0, 0.05) is 6.42 Å². The van der Waals surface area contributed by atoms with Gasteiger partial charge in [0.1, 0.15) is 5.82 Å². The second kappa shape index (κ2) is 6.00. The molecule has 1 amide bonds. The summed E-state index contributed by atoms with van der Waals surface area (Å²) in [6.45, 7) is 1.56. The Kier molecular flexibility index (Phi) is 4.64. The minimum atomic E-state index is -0.583. The maximum absolute atomic E-state index is 12.6. The van der Waals surface area contributed by atoms with Crippen LogP contribution in [0.2, 0.25) is 0 Å². The first-order valence-corrected chi connectivity index (χ1v) is 5.03. The Bertz CT molecular complexity index is 362. The predicted octanol–water partition coefficient (Wildman–Crippen LogP) is 1.37. The first-order chi connectivity index (χ1) is 7.61. The predicted molar refractivity (Wildman–Crippen MR) is 58.0 cm³/mol. The summed E-state index contributed by atoms with van der Waals surface area (Å²) in [4.78, 5) is 21.5. The second-order valence-corrected chi connectivity index (χ2v) is 3.53. The van der Waals surface area contributed by atoms with Crippen LogP contribution in [0.3, 0.4) is 0 Å². The molecule has 1 aromatic rings. The van der Waals surface area contributed by atoms with E-state index in [0.29, 0.717) is 6.42 Å². The van der Waals surface area contributed by atoms with Crippen LogP contribution < -0.4 is 5.32 Å². The molecule has 1 rings (SSSR count). The standard InChI is InChI=1S/C12H13FNO2/c1-9(8-15)14-12(16)7-4-10-2-5-11(13)6-3-10/h2-3,5-6,9H,4,7H2,1H3,(H,14,16)/t9-/m0/s1. The number of hydrogen-bond acceptors (Lipinski definition) is 2. The van der Waals surface area contributed by atoms with E-state index < -0.39 is 6.04 Å². The number of benzene rings is 1. The van der Waals surface area contributed by atoms with Crippen LogP contribution in [-0.4, -0.2) is 18.2 Å². The molecule has 0 aromatic heterocycles. The molecule has 16 heavy (non-hydrogen) atoms. The van der Waals surface area contributed by atoms with Gasteiger partial charge < -0.3 is 5.32 Å².